The van der Waals surface area contributed by atoms with E-state index in [0.717, 1.165) is 6.26 Å². The van der Waals surface area contributed by atoms with Gasteiger partial charge in [-0.1, -0.05) is 5.11 Å². The molecule has 5 atom stereocenters. The molecule has 126 valence electrons. The number of rotatable bonds is 6. The minimum absolute atomic E-state index is 0.256. The number of carbonyl (C=O) groups is 1. The molecule has 0 saturated carbocycles. The van der Waals surface area contributed by atoms with Gasteiger partial charge in [-0.15, -0.1) is 0 Å². The fourth-order valence-corrected chi connectivity index (χ4v) is 2.73. The van der Waals surface area contributed by atoms with Crippen LogP contribution in [0.2, 0.25) is 0 Å². The van der Waals surface area contributed by atoms with Gasteiger partial charge in [0, 0.05) is 18.9 Å². The monoisotopic (exact) mass is 338 g/mol. The zero-order valence-corrected chi connectivity index (χ0v) is 13.1. The van der Waals surface area contributed by atoms with Gasteiger partial charge in [-0.2, -0.15) is 8.42 Å². The molecule has 11 nitrogen and oxygen atoms in total. The fraction of sp³-hybridized carbons (Fsp3) is 0.900. The van der Waals surface area contributed by atoms with Crippen LogP contribution in [-0.2, 0) is 28.6 Å². The smallest absolute Gasteiger partial charge is 0.264 e. The van der Waals surface area contributed by atoms with Crippen molar-refractivity contribution in [3.8, 4) is 0 Å². The van der Waals surface area contributed by atoms with Crippen molar-refractivity contribution in [2.45, 2.75) is 37.6 Å². The van der Waals surface area contributed by atoms with Crippen molar-refractivity contribution in [2.75, 3.05) is 19.9 Å². The number of nitrogens with one attached hydrogen (secondary N) is 1. The van der Waals surface area contributed by atoms with E-state index in [2.05, 4.69) is 15.3 Å². The molecule has 1 amide bonds. The van der Waals surface area contributed by atoms with Crippen LogP contribution in [0.5, 0.6) is 0 Å². The van der Waals surface area contributed by atoms with Crippen molar-refractivity contribution < 1.29 is 32.0 Å². The number of azide groups is 1. The number of hydrogen-bond donors (Lipinski definition) is 2. The Morgan fingerprint density at radius 1 is 1.55 bits per heavy atom. The predicted octanol–water partition coefficient (Wildman–Crippen LogP) is -1.12. The van der Waals surface area contributed by atoms with Crippen LogP contribution < -0.4 is 5.32 Å². The van der Waals surface area contributed by atoms with E-state index in [4.69, 9.17) is 19.2 Å². The maximum absolute atomic E-state index is 11.4. The molecular weight excluding hydrogens is 320 g/mol. The van der Waals surface area contributed by atoms with Crippen LogP contribution in [0.15, 0.2) is 5.11 Å². The van der Waals surface area contributed by atoms with E-state index in [9.17, 15) is 18.3 Å². The lowest BCUT2D eigenvalue weighted by atomic mass is 9.96. The van der Waals surface area contributed by atoms with Crippen LogP contribution in [0.4, 0.5) is 0 Å². The molecule has 2 N–H and O–H groups in total. The van der Waals surface area contributed by atoms with E-state index < -0.39 is 46.7 Å². The lowest BCUT2D eigenvalue weighted by Crippen LogP contribution is -2.65. The van der Waals surface area contributed by atoms with Crippen LogP contribution in [0, 0.1) is 0 Å². The zero-order valence-electron chi connectivity index (χ0n) is 12.2. The summed E-state index contributed by atoms with van der Waals surface area (Å²) in [6.07, 6.45) is -4.12. The number of carbonyl (C=O) groups excluding carboxylic acids is 1. The highest BCUT2D eigenvalue weighted by Crippen LogP contribution is 2.25. The van der Waals surface area contributed by atoms with Crippen molar-refractivity contribution in [3.05, 3.63) is 10.4 Å². The van der Waals surface area contributed by atoms with E-state index in [1.807, 2.05) is 0 Å². The first-order valence-corrected chi connectivity index (χ1v) is 8.03. The average Bonchev–Trinajstić information content (AvgIpc) is 2.40. The second kappa shape index (κ2) is 7.72. The van der Waals surface area contributed by atoms with Gasteiger partial charge in [0.2, 0.25) is 5.91 Å². The lowest BCUT2D eigenvalue weighted by molar-refractivity contribution is -0.248. The molecule has 0 aromatic rings. The highest BCUT2D eigenvalue weighted by atomic mass is 32.2. The van der Waals surface area contributed by atoms with E-state index >= 15 is 0 Å². The third-order valence-corrected chi connectivity index (χ3v) is 3.46. The quantitative estimate of drug-likeness (QED) is 0.268. The zero-order chi connectivity index (χ0) is 16.9. The van der Waals surface area contributed by atoms with Gasteiger partial charge in [0.1, 0.15) is 18.2 Å². The van der Waals surface area contributed by atoms with Crippen molar-refractivity contribution in [3.63, 3.8) is 0 Å². The number of ether oxygens (including phenoxy) is 2. The third kappa shape index (κ3) is 5.09. The van der Waals surface area contributed by atoms with Gasteiger partial charge in [-0.25, -0.2) is 0 Å². The molecule has 1 heterocycles. The van der Waals surface area contributed by atoms with Gasteiger partial charge in [0.15, 0.2) is 6.29 Å². The molecule has 0 aliphatic carbocycles. The van der Waals surface area contributed by atoms with Crippen LogP contribution in [-0.4, -0.2) is 70.0 Å². The molecule has 1 rings (SSSR count). The molecule has 22 heavy (non-hydrogen) atoms. The molecule has 1 fully saturated rings. The number of aliphatic hydroxyl groups excluding tert-OH is 1. The molecule has 1 aliphatic rings. The van der Waals surface area contributed by atoms with E-state index in [1.54, 1.807) is 0 Å². The van der Waals surface area contributed by atoms with Gasteiger partial charge in [0.05, 0.1) is 18.9 Å². The Balaban J connectivity index is 3.11. The van der Waals surface area contributed by atoms with Crippen molar-refractivity contribution >= 4 is 16.0 Å². The standard InChI is InChI=1S/C10H18N4O7S/c1-5(15)13-7-9(21-22(3,17)18)8(16)6(4-12-14-11)20-10(7)19-2/h6-10,16H,4H2,1-3H3,(H,13,15)/t6?,7?,8?,9-,10?/m1/s1. The molecule has 12 heteroatoms. The molecule has 0 spiro atoms. The summed E-state index contributed by atoms with van der Waals surface area (Å²) in [6, 6.07) is -1.06. The van der Waals surface area contributed by atoms with Crippen LogP contribution in [0.3, 0.4) is 0 Å². The first-order valence-electron chi connectivity index (χ1n) is 6.22. The Morgan fingerprint density at radius 2 is 2.18 bits per heavy atom. The molecule has 0 aromatic heterocycles. The van der Waals surface area contributed by atoms with Gasteiger partial charge in [-0.3, -0.25) is 8.98 Å². The summed E-state index contributed by atoms with van der Waals surface area (Å²) in [7, 11) is -2.65. The Bertz CT molecular complexity index is 547. The first kappa shape index (κ1) is 18.6. The molecule has 4 unspecified atom stereocenters. The number of nitrogens with zero attached hydrogens (tertiary/aromatic N) is 3. The SMILES string of the molecule is COC1OC(CN=[N+]=[N-])C(O)[C@H](OS(C)(=O)=O)C1NC(C)=O. The van der Waals surface area contributed by atoms with Gasteiger partial charge < -0.3 is 19.9 Å². The van der Waals surface area contributed by atoms with Crippen LogP contribution in [0.1, 0.15) is 6.92 Å². The summed E-state index contributed by atoms with van der Waals surface area (Å²) in [5.74, 6) is -0.488. The van der Waals surface area contributed by atoms with Crippen LogP contribution in [0.25, 0.3) is 10.4 Å². The van der Waals surface area contributed by atoms with Crippen molar-refractivity contribution in [2.24, 2.45) is 5.11 Å². The van der Waals surface area contributed by atoms with Crippen molar-refractivity contribution in [1.82, 2.24) is 5.32 Å². The predicted molar refractivity (Wildman–Crippen MR) is 73.0 cm³/mol. The lowest BCUT2D eigenvalue weighted by Gasteiger charge is -2.43. The minimum atomic E-state index is -3.93. The number of hydrogen-bond acceptors (Lipinski definition) is 8. The maximum Gasteiger partial charge on any atom is 0.264 e. The summed E-state index contributed by atoms with van der Waals surface area (Å²) in [5, 5.41) is 15.9. The van der Waals surface area contributed by atoms with Crippen LogP contribution >= 0.6 is 0 Å². The van der Waals surface area contributed by atoms with Gasteiger partial charge >= 0.3 is 0 Å². The molecule has 0 radical (unpaired) electrons. The third-order valence-electron chi connectivity index (χ3n) is 2.89. The number of aliphatic hydroxyl groups is 1. The highest BCUT2D eigenvalue weighted by Gasteiger charge is 2.48. The average molecular weight is 338 g/mol. The largest absolute Gasteiger partial charge is 0.388 e. The van der Waals surface area contributed by atoms with Gasteiger partial charge in [0.25, 0.3) is 10.1 Å². The summed E-state index contributed by atoms with van der Waals surface area (Å²) in [6.45, 7) is 0.955. The van der Waals surface area contributed by atoms with E-state index in [0.29, 0.717) is 0 Å². The second-order valence-electron chi connectivity index (χ2n) is 4.67. The van der Waals surface area contributed by atoms with Crippen molar-refractivity contribution in [1.29, 1.82) is 0 Å². The fourth-order valence-electron chi connectivity index (χ4n) is 2.09. The minimum Gasteiger partial charge on any atom is -0.388 e. The van der Waals surface area contributed by atoms with E-state index in [-0.39, 0.29) is 6.54 Å². The second-order valence-corrected chi connectivity index (χ2v) is 6.27. The molecular formula is C10H18N4O7S. The number of amides is 1. The summed E-state index contributed by atoms with van der Waals surface area (Å²) in [4.78, 5) is 13.8. The first-order chi connectivity index (χ1) is 10.2. The molecule has 1 saturated heterocycles. The Morgan fingerprint density at radius 3 is 2.64 bits per heavy atom. The maximum atomic E-state index is 11.4. The van der Waals surface area contributed by atoms with Gasteiger partial charge in [-0.05, 0) is 5.53 Å². The highest BCUT2D eigenvalue weighted by molar-refractivity contribution is 7.86. The van der Waals surface area contributed by atoms with E-state index in [1.165, 1.54) is 14.0 Å². The molecule has 1 aliphatic heterocycles. The molecule has 0 aromatic carbocycles. The topological polar surface area (TPSA) is 160 Å². The number of methoxy groups -OCH3 is 1. The molecule has 0 bridgehead atoms. The summed E-state index contributed by atoms with van der Waals surface area (Å²) >= 11 is 0. The summed E-state index contributed by atoms with van der Waals surface area (Å²) < 4.78 is 38.1. The Kier molecular flexibility index (Phi) is 6.53. The Labute approximate surface area is 127 Å². The summed E-state index contributed by atoms with van der Waals surface area (Å²) in [5.41, 5.74) is 8.34. The normalized spacial score (nSPS) is 32.1. The Hall–Kier alpha value is -1.43.